The minimum Gasteiger partial charge on any atom is -0.494 e. The van der Waals surface area contributed by atoms with Gasteiger partial charge < -0.3 is 25.4 Å². The van der Waals surface area contributed by atoms with E-state index in [0.29, 0.717) is 45.8 Å². The molecule has 0 spiro atoms. The van der Waals surface area contributed by atoms with Gasteiger partial charge in [-0.15, -0.1) is 12.4 Å². The van der Waals surface area contributed by atoms with Crippen LogP contribution in [0.5, 0.6) is 5.75 Å². The van der Waals surface area contributed by atoms with Gasteiger partial charge >= 0.3 is 0 Å². The van der Waals surface area contributed by atoms with Gasteiger partial charge in [0.2, 0.25) is 11.8 Å². The maximum atomic E-state index is 12.1. The average Bonchev–Trinajstić information content (AvgIpc) is 2.66. The summed E-state index contributed by atoms with van der Waals surface area (Å²) in [6, 6.07) is 7.35. The first-order valence-electron chi connectivity index (χ1n) is 9.21. The predicted molar refractivity (Wildman–Crippen MR) is 106 cm³/mol. The van der Waals surface area contributed by atoms with E-state index in [0.717, 1.165) is 11.3 Å². The third kappa shape index (κ3) is 8.15. The van der Waals surface area contributed by atoms with Crippen LogP contribution in [0.4, 0.5) is 0 Å². The van der Waals surface area contributed by atoms with Crippen LogP contribution in [-0.2, 0) is 14.3 Å². The van der Waals surface area contributed by atoms with Crippen molar-refractivity contribution in [1.29, 1.82) is 0 Å². The first-order chi connectivity index (χ1) is 12.6. The molecule has 0 radical (unpaired) electrons. The minimum atomic E-state index is -0.294. The Kier molecular flexibility index (Phi) is 10.8. The zero-order chi connectivity index (χ0) is 18.8. The van der Waals surface area contributed by atoms with Crippen LogP contribution in [0, 0.1) is 0 Å². The lowest BCUT2D eigenvalue weighted by Gasteiger charge is -2.22. The van der Waals surface area contributed by atoms with Crippen LogP contribution >= 0.6 is 12.4 Å². The van der Waals surface area contributed by atoms with E-state index in [2.05, 4.69) is 16.0 Å². The molecule has 7 nitrogen and oxygen atoms in total. The van der Waals surface area contributed by atoms with Gasteiger partial charge in [0.1, 0.15) is 11.8 Å². The molecule has 8 heteroatoms. The number of nitrogens with one attached hydrogen (secondary N) is 3. The van der Waals surface area contributed by atoms with Crippen LogP contribution < -0.4 is 20.7 Å². The molecule has 0 aromatic heterocycles. The zero-order valence-corrected chi connectivity index (χ0v) is 16.8. The molecule has 2 rings (SSSR count). The van der Waals surface area contributed by atoms with Gasteiger partial charge in [-0.1, -0.05) is 12.1 Å². The molecule has 0 saturated carbocycles. The Morgan fingerprint density at radius 2 is 2.07 bits per heavy atom. The molecule has 1 fully saturated rings. The minimum absolute atomic E-state index is 0. The van der Waals surface area contributed by atoms with Crippen molar-refractivity contribution in [1.82, 2.24) is 16.0 Å². The second-order valence-corrected chi connectivity index (χ2v) is 6.27. The molecule has 3 N–H and O–H groups in total. The van der Waals surface area contributed by atoms with Crippen molar-refractivity contribution in [2.75, 3.05) is 32.9 Å². The van der Waals surface area contributed by atoms with Crippen molar-refractivity contribution in [2.45, 2.75) is 38.8 Å². The monoisotopic (exact) mass is 399 g/mol. The molecule has 1 aromatic carbocycles. The van der Waals surface area contributed by atoms with Gasteiger partial charge in [-0.05, 0) is 38.0 Å². The van der Waals surface area contributed by atoms with Gasteiger partial charge in [0, 0.05) is 19.5 Å². The molecule has 0 aliphatic carbocycles. The van der Waals surface area contributed by atoms with Gasteiger partial charge in [-0.3, -0.25) is 9.59 Å². The highest BCUT2D eigenvalue weighted by atomic mass is 35.5. The molecule has 2 atom stereocenters. The van der Waals surface area contributed by atoms with Crippen molar-refractivity contribution < 1.29 is 19.1 Å². The number of ether oxygens (including phenoxy) is 2. The number of benzene rings is 1. The first-order valence-corrected chi connectivity index (χ1v) is 9.21. The van der Waals surface area contributed by atoms with Gasteiger partial charge in [0.15, 0.2) is 0 Å². The Morgan fingerprint density at radius 1 is 1.33 bits per heavy atom. The lowest BCUT2D eigenvalue weighted by molar-refractivity contribution is -0.126. The Bertz CT molecular complexity index is 577. The fourth-order valence-corrected chi connectivity index (χ4v) is 2.73. The van der Waals surface area contributed by atoms with E-state index in [9.17, 15) is 9.59 Å². The molecule has 27 heavy (non-hydrogen) atoms. The molecular formula is C19H30ClN3O4. The molecular weight excluding hydrogens is 370 g/mol. The summed E-state index contributed by atoms with van der Waals surface area (Å²) < 4.78 is 10.7. The number of rotatable bonds is 9. The molecule has 1 aliphatic heterocycles. The second kappa shape index (κ2) is 12.5. The van der Waals surface area contributed by atoms with Crippen LogP contribution in [-0.4, -0.2) is 50.8 Å². The molecule has 1 aromatic rings. The first kappa shape index (κ1) is 23.2. The summed E-state index contributed by atoms with van der Waals surface area (Å²) in [5.74, 6) is 0.719. The van der Waals surface area contributed by atoms with Crippen LogP contribution in [0.25, 0.3) is 0 Å². The summed E-state index contributed by atoms with van der Waals surface area (Å²) in [5.41, 5.74) is 1.03. The summed E-state index contributed by atoms with van der Waals surface area (Å²) in [6.07, 6.45) is 0.970. The van der Waals surface area contributed by atoms with Crippen molar-refractivity contribution in [2.24, 2.45) is 0 Å². The molecule has 152 valence electrons. The molecule has 1 aliphatic rings. The van der Waals surface area contributed by atoms with Crippen LogP contribution in [0.3, 0.4) is 0 Å². The van der Waals surface area contributed by atoms with E-state index in [1.54, 1.807) is 0 Å². The number of amides is 2. The number of carbonyl (C=O) groups excluding carboxylic acids is 2. The smallest absolute Gasteiger partial charge is 0.239 e. The maximum absolute atomic E-state index is 12.1. The number of carbonyl (C=O) groups is 2. The van der Waals surface area contributed by atoms with E-state index in [4.69, 9.17) is 9.47 Å². The lowest BCUT2D eigenvalue weighted by atomic mass is 10.1. The van der Waals surface area contributed by atoms with Crippen LogP contribution in [0.15, 0.2) is 24.3 Å². The highest BCUT2D eigenvalue weighted by molar-refractivity contribution is 5.85. The van der Waals surface area contributed by atoms with Crippen molar-refractivity contribution in [3.05, 3.63) is 29.8 Å². The van der Waals surface area contributed by atoms with Crippen molar-refractivity contribution >= 4 is 24.2 Å². The fourth-order valence-electron chi connectivity index (χ4n) is 2.73. The SMILES string of the molecule is CCOc1ccc(C(C)NC(=O)CCCNC(=O)C2COCCN2)cc1.Cl. The summed E-state index contributed by atoms with van der Waals surface area (Å²) in [7, 11) is 0. The van der Waals surface area contributed by atoms with E-state index >= 15 is 0 Å². The number of morpholine rings is 1. The molecule has 2 amide bonds. The highest BCUT2D eigenvalue weighted by Crippen LogP contribution is 2.17. The number of halogens is 1. The van der Waals surface area contributed by atoms with E-state index in [1.807, 2.05) is 38.1 Å². The Morgan fingerprint density at radius 3 is 2.70 bits per heavy atom. The predicted octanol–water partition coefficient (Wildman–Crippen LogP) is 1.57. The van der Waals surface area contributed by atoms with E-state index in [1.165, 1.54) is 0 Å². The summed E-state index contributed by atoms with van der Waals surface area (Å²) in [6.45, 7) is 6.71. The highest BCUT2D eigenvalue weighted by Gasteiger charge is 2.20. The third-order valence-electron chi connectivity index (χ3n) is 4.19. The average molecular weight is 400 g/mol. The van der Waals surface area contributed by atoms with Gasteiger partial charge in [0.25, 0.3) is 0 Å². The van der Waals surface area contributed by atoms with Crippen molar-refractivity contribution in [3.8, 4) is 5.75 Å². The standard InChI is InChI=1S/C19H29N3O4.ClH/c1-3-26-16-8-6-15(7-9-16)14(2)22-18(23)5-4-10-21-19(24)17-13-25-12-11-20-17;/h6-9,14,17,20H,3-5,10-13H2,1-2H3,(H,21,24)(H,22,23);1H. The lowest BCUT2D eigenvalue weighted by Crippen LogP contribution is -2.51. The quantitative estimate of drug-likeness (QED) is 0.548. The van der Waals surface area contributed by atoms with Crippen molar-refractivity contribution in [3.63, 3.8) is 0 Å². The number of hydrogen-bond donors (Lipinski definition) is 3. The Labute approximate surface area is 167 Å². The Hall–Kier alpha value is -1.83. The summed E-state index contributed by atoms with van der Waals surface area (Å²) in [4.78, 5) is 24.0. The van der Waals surface area contributed by atoms with Gasteiger partial charge in [-0.25, -0.2) is 0 Å². The van der Waals surface area contributed by atoms with Gasteiger partial charge in [-0.2, -0.15) is 0 Å². The zero-order valence-electron chi connectivity index (χ0n) is 16.0. The molecule has 1 heterocycles. The maximum Gasteiger partial charge on any atom is 0.239 e. The Balaban J connectivity index is 0.00000364. The van der Waals surface area contributed by atoms with E-state index in [-0.39, 0.29) is 36.3 Å². The topological polar surface area (TPSA) is 88.7 Å². The fraction of sp³-hybridized carbons (Fsp3) is 0.579. The van der Waals surface area contributed by atoms with E-state index < -0.39 is 0 Å². The largest absolute Gasteiger partial charge is 0.494 e. The summed E-state index contributed by atoms with van der Waals surface area (Å²) in [5, 5.41) is 8.91. The number of hydrogen-bond acceptors (Lipinski definition) is 5. The molecule has 0 bridgehead atoms. The normalized spacial score (nSPS) is 17.3. The molecule has 1 saturated heterocycles. The second-order valence-electron chi connectivity index (χ2n) is 6.27. The van der Waals surface area contributed by atoms with Gasteiger partial charge in [0.05, 0.1) is 25.9 Å². The third-order valence-corrected chi connectivity index (χ3v) is 4.19. The van der Waals surface area contributed by atoms with Crippen LogP contribution in [0.1, 0.15) is 38.3 Å². The molecule has 2 unspecified atom stereocenters. The summed E-state index contributed by atoms with van der Waals surface area (Å²) >= 11 is 0. The van der Waals surface area contributed by atoms with Crippen LogP contribution in [0.2, 0.25) is 0 Å².